The van der Waals surface area contributed by atoms with Crippen LogP contribution in [-0.2, 0) is 14.4 Å². The Morgan fingerprint density at radius 1 is 1.03 bits per heavy atom. The molecule has 0 saturated carbocycles. The van der Waals surface area contributed by atoms with E-state index in [1.54, 1.807) is 0 Å². The summed E-state index contributed by atoms with van der Waals surface area (Å²) in [6.07, 6.45) is -0.0317. The summed E-state index contributed by atoms with van der Waals surface area (Å²) in [5, 5.41) is 35.5. The fourth-order valence-corrected chi connectivity index (χ4v) is 2.90. The van der Waals surface area contributed by atoms with Crippen LogP contribution in [-0.4, -0.2) is 75.7 Å². The molecular formula is C20H26N6O8. The van der Waals surface area contributed by atoms with Gasteiger partial charge in [0.2, 0.25) is 0 Å². The van der Waals surface area contributed by atoms with E-state index in [-0.39, 0.29) is 25.3 Å². The maximum absolute atomic E-state index is 12.3. The molecule has 3 amide bonds. The number of rotatable bonds is 14. The lowest BCUT2D eigenvalue weighted by molar-refractivity contribution is -0.142. The molecule has 1 rings (SSSR count). The molecule has 1 aromatic rings. The molecule has 0 bridgehead atoms. The predicted octanol–water partition coefficient (Wildman–Crippen LogP) is 1.94. The van der Waals surface area contributed by atoms with Gasteiger partial charge in [-0.15, -0.1) is 0 Å². The molecule has 0 aromatic heterocycles. The number of nitrogens with zero attached hydrogens (tertiary/aromatic N) is 4. The van der Waals surface area contributed by atoms with E-state index in [0.29, 0.717) is 24.1 Å². The fourth-order valence-electron chi connectivity index (χ4n) is 2.90. The van der Waals surface area contributed by atoms with Gasteiger partial charge < -0.3 is 30.9 Å². The highest BCUT2D eigenvalue weighted by Crippen LogP contribution is 2.13. The highest BCUT2D eigenvalue weighted by atomic mass is 16.4. The third-order valence-corrected chi connectivity index (χ3v) is 4.80. The Bertz CT molecular complexity index is 945. The lowest BCUT2D eigenvalue weighted by atomic mass is 10.1. The average Bonchev–Trinajstić information content (AvgIpc) is 2.78. The van der Waals surface area contributed by atoms with Crippen LogP contribution < -0.4 is 10.6 Å². The smallest absolute Gasteiger partial charge is 0.326 e. The van der Waals surface area contributed by atoms with E-state index in [1.807, 2.05) is 0 Å². The SMILES string of the molecule is CN(C(=O)NC(CCC(=O)O)C(=O)O)[C@@H](CCCCNC(=O)c1ccc(N=[N+]=[N-])cc1)C(=O)O. The Hall–Kier alpha value is -4.32. The van der Waals surface area contributed by atoms with Gasteiger partial charge in [-0.2, -0.15) is 0 Å². The second-order valence-electron chi connectivity index (χ2n) is 7.23. The molecule has 0 aliphatic rings. The third-order valence-electron chi connectivity index (χ3n) is 4.80. The third kappa shape index (κ3) is 9.44. The van der Waals surface area contributed by atoms with Crippen molar-refractivity contribution in [2.45, 2.75) is 44.2 Å². The van der Waals surface area contributed by atoms with Crippen molar-refractivity contribution in [1.29, 1.82) is 0 Å². The average molecular weight is 478 g/mol. The zero-order valence-electron chi connectivity index (χ0n) is 18.4. The molecule has 2 atom stereocenters. The maximum atomic E-state index is 12.3. The molecule has 0 radical (unpaired) electrons. The Morgan fingerprint density at radius 2 is 1.68 bits per heavy atom. The summed E-state index contributed by atoms with van der Waals surface area (Å²) in [5.41, 5.74) is 9.10. The van der Waals surface area contributed by atoms with Gasteiger partial charge in [0.15, 0.2) is 0 Å². The number of urea groups is 1. The van der Waals surface area contributed by atoms with Crippen molar-refractivity contribution in [3.63, 3.8) is 0 Å². The van der Waals surface area contributed by atoms with Gasteiger partial charge in [0.1, 0.15) is 12.1 Å². The molecular weight excluding hydrogens is 452 g/mol. The van der Waals surface area contributed by atoms with Crippen molar-refractivity contribution >= 4 is 35.5 Å². The van der Waals surface area contributed by atoms with Crippen LogP contribution >= 0.6 is 0 Å². The number of hydrogen-bond donors (Lipinski definition) is 5. The topological polar surface area (TPSA) is 222 Å². The second-order valence-corrected chi connectivity index (χ2v) is 7.23. The Balaban J connectivity index is 2.53. The summed E-state index contributed by atoms with van der Waals surface area (Å²) < 4.78 is 0. The summed E-state index contributed by atoms with van der Waals surface area (Å²) in [6, 6.07) is 2.28. The van der Waals surface area contributed by atoms with Gasteiger partial charge >= 0.3 is 23.9 Å². The summed E-state index contributed by atoms with van der Waals surface area (Å²) in [4.78, 5) is 61.4. The molecule has 14 heteroatoms. The van der Waals surface area contributed by atoms with Crippen molar-refractivity contribution in [3.05, 3.63) is 40.3 Å². The van der Waals surface area contributed by atoms with Crippen molar-refractivity contribution in [3.8, 4) is 0 Å². The Morgan fingerprint density at radius 3 is 2.21 bits per heavy atom. The zero-order valence-corrected chi connectivity index (χ0v) is 18.4. The van der Waals surface area contributed by atoms with E-state index in [9.17, 15) is 29.1 Å². The summed E-state index contributed by atoms with van der Waals surface area (Å²) in [6.45, 7) is 0.245. The van der Waals surface area contributed by atoms with E-state index in [4.69, 9.17) is 15.7 Å². The van der Waals surface area contributed by atoms with E-state index >= 15 is 0 Å². The Kier molecular flexibility index (Phi) is 11.4. The number of carbonyl (C=O) groups is 5. The molecule has 5 N–H and O–H groups in total. The molecule has 0 aliphatic carbocycles. The minimum absolute atomic E-state index is 0.0445. The van der Waals surface area contributed by atoms with Crippen LogP contribution in [0.25, 0.3) is 10.4 Å². The molecule has 184 valence electrons. The van der Waals surface area contributed by atoms with Gasteiger partial charge in [-0.1, -0.05) is 17.2 Å². The summed E-state index contributed by atoms with van der Waals surface area (Å²) >= 11 is 0. The largest absolute Gasteiger partial charge is 0.481 e. The number of amides is 3. The fraction of sp³-hybridized carbons (Fsp3) is 0.450. The maximum Gasteiger partial charge on any atom is 0.326 e. The highest BCUT2D eigenvalue weighted by molar-refractivity contribution is 5.94. The zero-order chi connectivity index (χ0) is 25.7. The molecule has 14 nitrogen and oxygen atoms in total. The molecule has 1 aromatic carbocycles. The number of likely N-dealkylation sites (N-methyl/N-ethyl adjacent to an activating group) is 1. The first kappa shape index (κ1) is 27.7. The first-order valence-corrected chi connectivity index (χ1v) is 10.2. The number of nitrogens with one attached hydrogen (secondary N) is 2. The lowest BCUT2D eigenvalue weighted by Crippen LogP contribution is -2.52. The van der Waals surface area contributed by atoms with Gasteiger partial charge in [0, 0.05) is 36.2 Å². The first-order chi connectivity index (χ1) is 16.1. The number of azide groups is 1. The van der Waals surface area contributed by atoms with Crippen LogP contribution in [0.1, 0.15) is 42.5 Å². The van der Waals surface area contributed by atoms with Gasteiger partial charge in [-0.05, 0) is 43.3 Å². The van der Waals surface area contributed by atoms with Crippen LogP contribution in [0.3, 0.4) is 0 Å². The summed E-state index contributed by atoms with van der Waals surface area (Å²) in [5.74, 6) is -4.31. The number of carboxylic acid groups (broad SMARTS) is 3. The van der Waals surface area contributed by atoms with Gasteiger partial charge in [0.25, 0.3) is 5.91 Å². The first-order valence-electron chi connectivity index (χ1n) is 10.2. The molecule has 0 fully saturated rings. The van der Waals surface area contributed by atoms with Gasteiger partial charge in [-0.3, -0.25) is 9.59 Å². The number of unbranched alkanes of at least 4 members (excludes halogenated alkanes) is 1. The second kappa shape index (κ2) is 14.0. The molecule has 0 heterocycles. The van der Waals surface area contributed by atoms with Crippen molar-refractivity contribution in [2.75, 3.05) is 13.6 Å². The predicted molar refractivity (Wildman–Crippen MR) is 117 cm³/mol. The van der Waals surface area contributed by atoms with Gasteiger partial charge in [0.05, 0.1) is 0 Å². The van der Waals surface area contributed by atoms with Crippen LogP contribution in [0.15, 0.2) is 29.4 Å². The minimum Gasteiger partial charge on any atom is -0.481 e. The van der Waals surface area contributed by atoms with Crippen LogP contribution in [0, 0.1) is 0 Å². The normalized spacial score (nSPS) is 11.9. The number of carbonyl (C=O) groups excluding carboxylic acids is 2. The van der Waals surface area contributed by atoms with Crippen molar-refractivity contribution in [1.82, 2.24) is 15.5 Å². The standard InChI is InChI=1S/C20H26N6O8/c1-26(20(34)23-14(18(30)31)9-10-16(27)28)15(19(32)33)4-2-3-11-22-17(29)12-5-7-13(8-6-12)24-25-21/h5-8,14-15H,2-4,9-11H2,1H3,(H,22,29)(H,23,34)(H,27,28)(H,30,31)(H,32,33)/t14?,15-/m0/s1. The number of aliphatic carboxylic acids is 3. The monoisotopic (exact) mass is 478 g/mol. The number of carboxylic acids is 3. The van der Waals surface area contributed by atoms with E-state index < -0.39 is 42.4 Å². The Labute approximate surface area is 194 Å². The molecule has 0 spiro atoms. The molecule has 34 heavy (non-hydrogen) atoms. The number of benzene rings is 1. The van der Waals surface area contributed by atoms with Crippen LogP contribution in [0.4, 0.5) is 10.5 Å². The van der Waals surface area contributed by atoms with E-state index in [1.165, 1.54) is 31.3 Å². The summed E-state index contributed by atoms with van der Waals surface area (Å²) in [7, 11) is 1.20. The van der Waals surface area contributed by atoms with E-state index in [2.05, 4.69) is 20.7 Å². The minimum atomic E-state index is -1.48. The molecule has 0 saturated heterocycles. The van der Waals surface area contributed by atoms with E-state index in [0.717, 1.165) is 4.90 Å². The van der Waals surface area contributed by atoms with Gasteiger partial charge in [-0.25, -0.2) is 14.4 Å². The van der Waals surface area contributed by atoms with Crippen molar-refractivity contribution in [2.24, 2.45) is 5.11 Å². The quantitative estimate of drug-likeness (QED) is 0.115. The molecule has 0 aliphatic heterocycles. The lowest BCUT2D eigenvalue weighted by Gasteiger charge is -2.26. The van der Waals surface area contributed by atoms with Crippen molar-refractivity contribution < 1.29 is 39.3 Å². The highest BCUT2D eigenvalue weighted by Gasteiger charge is 2.29. The number of hydrogen-bond acceptors (Lipinski definition) is 6. The van der Waals surface area contributed by atoms with Crippen LogP contribution in [0.2, 0.25) is 0 Å². The van der Waals surface area contributed by atoms with Crippen LogP contribution in [0.5, 0.6) is 0 Å². The molecule has 1 unspecified atom stereocenters.